The lowest BCUT2D eigenvalue weighted by atomic mass is 10.00. The van der Waals surface area contributed by atoms with E-state index >= 15 is 28.8 Å². The molecule has 0 aromatic heterocycles. The standard InChI is InChI=1S/C89H138N32O20S2/c90-34-4-3-15-61(82(138)121-41-11-21-68(121)81(137)118-64(44-49-25-30-54(123)31-26-49)77(133)112-57(17-7-37-105-86(96)97)71(127)110-59(19-9-40-108-89(102)141)74(130)119-66(46-142)79(135)115-62(83(139)140)20-10-39-107-88(100)101)114-75(131)60(32-33-69(124)125)113-72(128)58(18-8-38-106-87(98)99)111-76(132)63(43-48-23-28-53(122)29-24-48)117-80(136)67(47-143)120-78(134)65(45-50-22-27-51-12-1-2-13-52(51)42-50)116-73(129)56(16-6-36-104-85(94)95)109-70(126)55(91)14-5-35-103-84(92)93/h1-2,12-13,22-31,42,55-68,122-123,142-143H,3-11,14-21,32-41,43-47,90-91H2,(H,109,126)(H,110,127)(H,111,132)(H,112,133)(H,113,128)(H,114,131)(H,115,135)(H,116,129)(H,117,136)(H,118,137)(H,119,130)(H,120,134)(H,124,125)(H,139,140)(H4,92,93,103)(H4,94,95,104)(H4,96,97,105)(H4,98,99,106)(H4,100,101,107)(H3,102,108,141)/t55-,56-,57-,58-,59-,60-,61+,62-,63-,64-,65-,66-,67-,68-/m0/s1. The number of phenols is 2. The highest BCUT2D eigenvalue weighted by Gasteiger charge is 2.42. The van der Waals surface area contributed by atoms with Crippen LogP contribution in [0.4, 0.5) is 4.79 Å². The third kappa shape index (κ3) is 44.6. The molecule has 1 aliphatic heterocycles. The number of benzene rings is 4. The van der Waals surface area contributed by atoms with Gasteiger partial charge in [0.05, 0.1) is 6.04 Å². The number of nitrogens with one attached hydrogen (secondary N) is 23. The maximum Gasteiger partial charge on any atom is 0.326 e. The zero-order chi connectivity index (χ0) is 106. The lowest BCUT2D eigenvalue weighted by Crippen LogP contribution is -2.61. The Kier molecular flexibility index (Phi) is 52.2. The van der Waals surface area contributed by atoms with E-state index in [1.165, 1.54) is 48.5 Å². The molecule has 52 nitrogen and oxygen atoms in total. The SMILES string of the molecule is N=C(N)NCCC[C@H](NC(=O)[C@H](CS)NC(=O)[C@H](CCCNC(N)=O)NC(=O)[C@H](CCCNC(=N)N)NC(=O)[C@H](Cc1ccc(O)cc1)NC(=O)[C@@H]1CCCN1C(=O)[C@@H](CCCCN)NC(=O)[C@H](CCC(=O)O)NC(=O)[C@H](CCCNC(=N)N)NC(=O)[C@H](Cc1ccc(O)cc1)NC(=O)[C@H](CS)NC(=O)[C@H](Cc1ccc2ccccc2c1)NC(=O)[C@H](CCCNC(=N)N)NC(=O)[C@@H](N)CCCNC(=N)N)C(=O)O. The number of carbonyl (C=O) groups excluding carboxylic acids is 14. The van der Waals surface area contributed by atoms with Crippen LogP contribution in [0.25, 0.3) is 10.8 Å². The second-order valence-corrected chi connectivity index (χ2v) is 34.7. The topological polar surface area (TPSA) is 901 Å². The number of hydrogen-bond acceptors (Lipinski definition) is 27. The Morgan fingerprint density at radius 1 is 0.357 bits per heavy atom. The first kappa shape index (κ1) is 119. The van der Waals surface area contributed by atoms with Crippen LogP contribution in [-0.2, 0) is 91.2 Å². The van der Waals surface area contributed by atoms with E-state index in [2.05, 4.69) is 121 Å². The largest absolute Gasteiger partial charge is 0.508 e. The predicted octanol–water partition coefficient (Wildman–Crippen LogP) is -6.88. The fraction of sp³-hybridized carbons (Fsp3) is 0.517. The minimum absolute atomic E-state index is 0.00914. The minimum atomic E-state index is -1.85. The number of carbonyl (C=O) groups is 16. The van der Waals surface area contributed by atoms with Gasteiger partial charge in [0.2, 0.25) is 76.8 Å². The third-order valence-corrected chi connectivity index (χ3v) is 23.3. The van der Waals surface area contributed by atoms with E-state index in [-0.39, 0.29) is 197 Å². The van der Waals surface area contributed by atoms with Crippen LogP contribution in [0.1, 0.15) is 139 Å². The Balaban J connectivity index is 1.47. The van der Waals surface area contributed by atoms with E-state index in [9.17, 15) is 68.4 Å². The number of aliphatic carboxylic acids is 2. The fourth-order valence-corrected chi connectivity index (χ4v) is 15.6. The van der Waals surface area contributed by atoms with Gasteiger partial charge in [0.1, 0.15) is 90.0 Å². The summed E-state index contributed by atoms with van der Waals surface area (Å²) in [5.74, 6) is -19.0. The van der Waals surface area contributed by atoms with Crippen LogP contribution < -0.4 is 142 Å². The lowest BCUT2D eigenvalue weighted by molar-refractivity contribution is -0.143. The Bertz CT molecular complexity index is 5010. The second-order valence-electron chi connectivity index (χ2n) is 33.9. The molecule has 0 radical (unpaired) electrons. The number of fused-ring (bicyclic) bond motifs is 1. The van der Waals surface area contributed by atoms with Gasteiger partial charge in [-0.05, 0) is 174 Å². The van der Waals surface area contributed by atoms with Gasteiger partial charge in [-0.2, -0.15) is 25.3 Å². The van der Waals surface area contributed by atoms with Crippen molar-refractivity contribution in [1.82, 2.24) is 101 Å². The average molecular weight is 2040 g/mol. The number of likely N-dealkylation sites (tertiary alicyclic amines) is 1. The summed E-state index contributed by atoms with van der Waals surface area (Å²) < 4.78 is 0. The lowest BCUT2D eigenvalue weighted by Gasteiger charge is -2.31. The minimum Gasteiger partial charge on any atom is -0.508 e. The number of aromatic hydroxyl groups is 2. The molecule has 1 saturated heterocycles. The summed E-state index contributed by atoms with van der Waals surface area (Å²) in [6.07, 6.45) is -2.64. The predicted molar refractivity (Wildman–Crippen MR) is 535 cm³/mol. The van der Waals surface area contributed by atoms with Gasteiger partial charge in [0.25, 0.3) is 0 Å². The first-order valence-electron chi connectivity index (χ1n) is 46.5. The van der Waals surface area contributed by atoms with Crippen molar-refractivity contribution in [2.24, 2.45) is 45.9 Å². The smallest absolute Gasteiger partial charge is 0.326 e. The Hall–Kier alpha value is -15.0. The zero-order valence-electron chi connectivity index (χ0n) is 79.2. The van der Waals surface area contributed by atoms with E-state index in [0.29, 0.717) is 23.1 Å². The van der Waals surface area contributed by atoms with Gasteiger partial charge in [-0.15, -0.1) is 0 Å². The summed E-state index contributed by atoms with van der Waals surface area (Å²) in [6.45, 7) is 0.0383. The molecule has 1 heterocycles. The number of unbranched alkanes of at least 4 members (excludes halogenated alkanes) is 1. The summed E-state index contributed by atoms with van der Waals surface area (Å²) in [5.41, 5.74) is 46.1. The van der Waals surface area contributed by atoms with Crippen LogP contribution >= 0.6 is 25.3 Å². The number of hydrogen-bond donors (Lipinski definition) is 37. The third-order valence-electron chi connectivity index (χ3n) is 22.6. The van der Waals surface area contributed by atoms with E-state index in [1.807, 2.05) is 18.2 Å². The Morgan fingerprint density at radius 2 is 0.671 bits per heavy atom. The quantitative estimate of drug-likeness (QED) is 0.00845. The number of carboxylic acids is 2. The van der Waals surface area contributed by atoms with Gasteiger partial charge < -0.3 is 167 Å². The number of phenolic OH excluding ortho intramolecular Hbond substituents is 2. The van der Waals surface area contributed by atoms with Gasteiger partial charge in [-0.1, -0.05) is 66.7 Å². The molecule has 0 saturated carbocycles. The number of rotatable bonds is 65. The van der Waals surface area contributed by atoms with E-state index in [4.69, 9.17) is 72.9 Å². The summed E-state index contributed by atoms with van der Waals surface area (Å²) in [5, 5.41) is 127. The number of amides is 15. The van der Waals surface area contributed by atoms with Crippen molar-refractivity contribution < 1.29 is 97.1 Å². The van der Waals surface area contributed by atoms with Crippen molar-refractivity contribution in [1.29, 1.82) is 27.0 Å². The molecular formula is C89H138N32O20S2. The summed E-state index contributed by atoms with van der Waals surface area (Å²) in [7, 11) is 0. The molecule has 54 heteroatoms. The first-order valence-corrected chi connectivity index (χ1v) is 47.8. The van der Waals surface area contributed by atoms with Crippen molar-refractivity contribution in [2.75, 3.05) is 63.9 Å². The van der Waals surface area contributed by atoms with Crippen LogP contribution in [-0.4, -0.2) is 298 Å². The highest BCUT2D eigenvalue weighted by atomic mass is 32.1. The molecule has 15 amide bonds. The molecule has 5 rings (SSSR count). The zero-order valence-corrected chi connectivity index (χ0v) is 80.9. The van der Waals surface area contributed by atoms with E-state index in [0.717, 1.165) is 15.7 Å². The van der Waals surface area contributed by atoms with Gasteiger partial charge >= 0.3 is 18.0 Å². The van der Waals surface area contributed by atoms with Crippen LogP contribution in [0.15, 0.2) is 91.0 Å². The molecule has 143 heavy (non-hydrogen) atoms. The molecule has 4 aromatic carbocycles. The molecule has 786 valence electrons. The summed E-state index contributed by atoms with van der Waals surface area (Å²) in [4.78, 5) is 229. The molecular weight excluding hydrogens is 1900 g/mol. The van der Waals surface area contributed by atoms with Crippen molar-refractivity contribution >= 4 is 161 Å². The molecule has 0 unspecified atom stereocenters. The van der Waals surface area contributed by atoms with Crippen LogP contribution in [0.2, 0.25) is 0 Å². The highest BCUT2D eigenvalue weighted by Crippen LogP contribution is 2.24. The van der Waals surface area contributed by atoms with E-state index in [1.54, 1.807) is 24.3 Å². The molecule has 0 aliphatic carbocycles. The van der Waals surface area contributed by atoms with Crippen molar-refractivity contribution in [3.05, 3.63) is 108 Å². The fourth-order valence-electron chi connectivity index (χ4n) is 15.1. The number of primary amides is 1. The second kappa shape index (κ2) is 63.0. The molecule has 4 aromatic rings. The number of carboxylic acid groups (broad SMARTS) is 2. The van der Waals surface area contributed by atoms with Crippen molar-refractivity contribution in [3.63, 3.8) is 0 Å². The number of thiol groups is 2. The number of nitrogens with zero attached hydrogens (tertiary/aromatic N) is 1. The number of urea groups is 1. The van der Waals surface area contributed by atoms with Gasteiger partial charge in [-0.3, -0.25) is 94.2 Å². The van der Waals surface area contributed by atoms with E-state index < -0.39 is 222 Å². The van der Waals surface area contributed by atoms with Gasteiger partial charge in [-0.25, -0.2) is 9.59 Å². The van der Waals surface area contributed by atoms with Crippen LogP contribution in [0.3, 0.4) is 0 Å². The Labute approximate surface area is 836 Å². The molecule has 0 spiro atoms. The summed E-state index contributed by atoms with van der Waals surface area (Å²) in [6, 6.07) is 0.685. The van der Waals surface area contributed by atoms with Crippen LogP contribution in [0, 0.1) is 27.0 Å². The van der Waals surface area contributed by atoms with Gasteiger partial charge in [0.15, 0.2) is 29.8 Å². The Morgan fingerprint density at radius 3 is 1.06 bits per heavy atom. The maximum absolute atomic E-state index is 15.3. The molecule has 1 aliphatic rings. The number of guanidine groups is 5. The monoisotopic (exact) mass is 2040 g/mol. The maximum atomic E-state index is 15.3. The van der Waals surface area contributed by atoms with Crippen molar-refractivity contribution in [3.8, 4) is 11.5 Å². The number of nitrogens with two attached hydrogens (primary N) is 8. The average Bonchev–Trinajstić information content (AvgIpc) is 1.81. The molecule has 14 atom stereocenters. The first-order chi connectivity index (χ1) is 68.0. The molecule has 1 fully saturated rings. The molecule has 43 N–H and O–H groups in total. The molecule has 0 bridgehead atoms. The highest BCUT2D eigenvalue weighted by molar-refractivity contribution is 7.80. The van der Waals surface area contributed by atoms with Crippen molar-refractivity contribution in [2.45, 2.75) is 226 Å². The summed E-state index contributed by atoms with van der Waals surface area (Å²) >= 11 is 8.65. The normalized spacial score (nSPS) is 14.7. The van der Waals surface area contributed by atoms with Crippen LogP contribution in [0.5, 0.6) is 11.5 Å². The van der Waals surface area contributed by atoms with Gasteiger partial charge in [0, 0.05) is 83.0 Å².